The van der Waals surface area contributed by atoms with Crippen LogP contribution in [0.1, 0.15) is 36.1 Å². The number of rotatable bonds is 7. The van der Waals surface area contributed by atoms with Crippen molar-refractivity contribution in [3.05, 3.63) is 47.3 Å². The number of aromatic amines is 1. The van der Waals surface area contributed by atoms with Gasteiger partial charge in [-0.3, -0.25) is 5.10 Å². The number of aryl methyl sites for hydroxylation is 2. The molecule has 0 saturated carbocycles. The van der Waals surface area contributed by atoms with Crippen LogP contribution >= 0.6 is 0 Å². The zero-order chi connectivity index (χ0) is 21.1. The van der Waals surface area contributed by atoms with E-state index in [2.05, 4.69) is 15.5 Å². The second-order valence-corrected chi connectivity index (χ2v) is 9.16. The van der Waals surface area contributed by atoms with Gasteiger partial charge in [-0.1, -0.05) is 17.7 Å². The Hall–Kier alpha value is -1.91. The van der Waals surface area contributed by atoms with Crippen molar-refractivity contribution in [2.45, 2.75) is 49.7 Å². The van der Waals surface area contributed by atoms with Crippen molar-refractivity contribution >= 4 is 10.0 Å². The molecule has 0 atom stereocenters. The molecule has 10 heteroatoms. The second kappa shape index (κ2) is 8.85. The number of hydrogen-bond acceptors (Lipinski definition) is 4. The number of alkyl halides is 3. The van der Waals surface area contributed by atoms with Gasteiger partial charge < -0.3 is 5.32 Å². The smallest absolute Gasteiger partial charge is 0.317 e. The van der Waals surface area contributed by atoms with Crippen LogP contribution < -0.4 is 5.32 Å². The monoisotopic (exact) mass is 430 g/mol. The predicted molar refractivity (Wildman–Crippen MR) is 103 cm³/mol. The summed E-state index contributed by atoms with van der Waals surface area (Å²) in [6.45, 7) is 3.46. The first-order valence-corrected chi connectivity index (χ1v) is 11.0. The zero-order valence-electron chi connectivity index (χ0n) is 16.2. The van der Waals surface area contributed by atoms with Crippen LogP contribution in [0.2, 0.25) is 0 Å². The van der Waals surface area contributed by atoms with E-state index in [1.807, 2.05) is 6.92 Å². The molecule has 0 unspecified atom stereocenters. The summed E-state index contributed by atoms with van der Waals surface area (Å²) in [6, 6.07) is 6.48. The highest BCUT2D eigenvalue weighted by atomic mass is 32.2. The van der Waals surface area contributed by atoms with E-state index in [1.54, 1.807) is 24.3 Å². The van der Waals surface area contributed by atoms with Gasteiger partial charge in [-0.05, 0) is 57.8 Å². The molecule has 1 aromatic carbocycles. The van der Waals surface area contributed by atoms with Crippen LogP contribution in [0, 0.1) is 6.92 Å². The SMILES string of the molecule is Cc1ccc(S(=O)(=O)N(CCCc2c[nH]nc2C(F)(F)F)C2CCNCC2)cc1. The predicted octanol–water partition coefficient (Wildman–Crippen LogP) is 3.11. The van der Waals surface area contributed by atoms with Crippen LogP contribution in [0.5, 0.6) is 0 Å². The van der Waals surface area contributed by atoms with Crippen LogP contribution in [0.3, 0.4) is 0 Å². The van der Waals surface area contributed by atoms with E-state index in [4.69, 9.17) is 0 Å². The molecule has 6 nitrogen and oxygen atoms in total. The zero-order valence-corrected chi connectivity index (χ0v) is 17.0. The highest BCUT2D eigenvalue weighted by Crippen LogP contribution is 2.31. The highest BCUT2D eigenvalue weighted by Gasteiger charge is 2.36. The third-order valence-electron chi connectivity index (χ3n) is 5.16. The van der Waals surface area contributed by atoms with Gasteiger partial charge in [0.05, 0.1) is 4.90 Å². The van der Waals surface area contributed by atoms with E-state index < -0.39 is 21.9 Å². The molecule has 3 rings (SSSR count). The van der Waals surface area contributed by atoms with Crippen molar-refractivity contribution in [1.82, 2.24) is 19.8 Å². The van der Waals surface area contributed by atoms with Gasteiger partial charge in [-0.2, -0.15) is 22.6 Å². The number of halogens is 3. The van der Waals surface area contributed by atoms with Gasteiger partial charge in [0.1, 0.15) is 0 Å². The normalized spacial score (nSPS) is 16.4. The summed E-state index contributed by atoms with van der Waals surface area (Å²) in [6.07, 6.45) is -1.59. The second-order valence-electron chi connectivity index (χ2n) is 7.27. The minimum absolute atomic E-state index is 0.0514. The van der Waals surface area contributed by atoms with Crippen molar-refractivity contribution in [1.29, 1.82) is 0 Å². The largest absolute Gasteiger partial charge is 0.435 e. The van der Waals surface area contributed by atoms with Gasteiger partial charge in [0.2, 0.25) is 10.0 Å². The van der Waals surface area contributed by atoms with Crippen molar-refractivity contribution < 1.29 is 21.6 Å². The van der Waals surface area contributed by atoms with Crippen molar-refractivity contribution in [3.63, 3.8) is 0 Å². The van der Waals surface area contributed by atoms with Crippen molar-refractivity contribution in [3.8, 4) is 0 Å². The summed E-state index contributed by atoms with van der Waals surface area (Å²) < 4.78 is 67.0. The lowest BCUT2D eigenvalue weighted by atomic mass is 10.1. The molecular weight excluding hydrogens is 405 g/mol. The molecule has 1 saturated heterocycles. The van der Waals surface area contributed by atoms with E-state index in [9.17, 15) is 21.6 Å². The molecule has 1 aliphatic rings. The Labute approximate surface area is 168 Å². The molecule has 1 aliphatic heterocycles. The summed E-state index contributed by atoms with van der Waals surface area (Å²) in [7, 11) is -3.74. The van der Waals surface area contributed by atoms with Crippen molar-refractivity contribution in [2.24, 2.45) is 0 Å². The highest BCUT2D eigenvalue weighted by molar-refractivity contribution is 7.89. The van der Waals surface area contributed by atoms with Crippen LogP contribution in [0.15, 0.2) is 35.4 Å². The summed E-state index contributed by atoms with van der Waals surface area (Å²) in [5, 5.41) is 8.76. The Bertz CT molecular complexity index is 904. The Morgan fingerprint density at radius 3 is 2.45 bits per heavy atom. The summed E-state index contributed by atoms with van der Waals surface area (Å²) in [5.74, 6) is 0. The topological polar surface area (TPSA) is 78.1 Å². The molecule has 1 aromatic heterocycles. The molecule has 2 aromatic rings. The van der Waals surface area contributed by atoms with Gasteiger partial charge in [-0.15, -0.1) is 0 Å². The average molecular weight is 430 g/mol. The molecule has 0 spiro atoms. The minimum atomic E-state index is -4.53. The summed E-state index contributed by atoms with van der Waals surface area (Å²) >= 11 is 0. The van der Waals surface area contributed by atoms with Crippen LogP contribution in [0.4, 0.5) is 13.2 Å². The molecule has 29 heavy (non-hydrogen) atoms. The number of aromatic nitrogens is 2. The first kappa shape index (κ1) is 21.8. The molecule has 0 amide bonds. The number of sulfonamides is 1. The third kappa shape index (κ3) is 5.18. The quantitative estimate of drug-likeness (QED) is 0.708. The molecule has 0 aliphatic carbocycles. The maximum absolute atomic E-state index is 13.3. The molecule has 0 bridgehead atoms. The van der Waals surface area contributed by atoms with E-state index in [1.165, 1.54) is 10.5 Å². The maximum Gasteiger partial charge on any atom is 0.435 e. The lowest BCUT2D eigenvalue weighted by Gasteiger charge is -2.34. The number of H-pyrrole nitrogens is 1. The van der Waals surface area contributed by atoms with Gasteiger partial charge >= 0.3 is 6.18 Å². The Kier molecular flexibility index (Phi) is 6.65. The van der Waals surface area contributed by atoms with Gasteiger partial charge in [-0.25, -0.2) is 8.42 Å². The van der Waals surface area contributed by atoms with Gasteiger partial charge in [0, 0.05) is 24.3 Å². The average Bonchev–Trinajstić information content (AvgIpc) is 3.15. The number of piperidine rings is 1. The fraction of sp³-hybridized carbons (Fsp3) is 0.526. The van der Waals surface area contributed by atoms with E-state index in [0.717, 1.165) is 5.56 Å². The molecule has 2 N–H and O–H groups in total. The molecular formula is C19H25F3N4O2S. The summed E-state index contributed by atoms with van der Waals surface area (Å²) in [5.41, 5.74) is 0.0693. The van der Waals surface area contributed by atoms with Gasteiger partial charge in [0.25, 0.3) is 0 Å². The Morgan fingerprint density at radius 1 is 1.17 bits per heavy atom. The standard InChI is InChI=1S/C19H25F3N4O2S/c1-14-4-6-17(7-5-14)29(27,28)26(16-8-10-23-11-9-16)12-2-3-15-13-24-25-18(15)19(20,21)22/h4-7,13,16,23H,2-3,8-12H2,1H3,(H,24,25). The number of hydrogen-bond donors (Lipinski definition) is 2. The minimum Gasteiger partial charge on any atom is -0.317 e. The number of nitrogens with zero attached hydrogens (tertiary/aromatic N) is 2. The van der Waals surface area contributed by atoms with Crippen LogP contribution in [0.25, 0.3) is 0 Å². The third-order valence-corrected chi connectivity index (χ3v) is 7.12. The van der Waals surface area contributed by atoms with Crippen molar-refractivity contribution in [2.75, 3.05) is 19.6 Å². The Balaban J connectivity index is 1.78. The maximum atomic E-state index is 13.3. The lowest BCUT2D eigenvalue weighted by Crippen LogP contribution is -2.46. The fourth-order valence-corrected chi connectivity index (χ4v) is 5.34. The first-order chi connectivity index (χ1) is 13.7. The van der Waals surface area contributed by atoms with Crippen LogP contribution in [-0.4, -0.2) is 48.6 Å². The number of benzene rings is 1. The van der Waals surface area contributed by atoms with E-state index in [0.29, 0.717) is 25.9 Å². The van der Waals surface area contributed by atoms with E-state index >= 15 is 0 Å². The first-order valence-electron chi connectivity index (χ1n) is 9.58. The molecule has 160 valence electrons. The fourth-order valence-electron chi connectivity index (χ4n) is 3.62. The molecule has 1 fully saturated rings. The lowest BCUT2D eigenvalue weighted by molar-refractivity contribution is -0.141. The Morgan fingerprint density at radius 2 is 1.83 bits per heavy atom. The molecule has 2 heterocycles. The number of nitrogens with one attached hydrogen (secondary N) is 2. The summed E-state index contributed by atoms with van der Waals surface area (Å²) in [4.78, 5) is 0.209. The van der Waals surface area contributed by atoms with E-state index in [-0.39, 0.29) is 35.9 Å². The molecule has 0 radical (unpaired) electrons. The van der Waals surface area contributed by atoms with Crippen LogP contribution in [-0.2, 0) is 22.6 Å². The van der Waals surface area contributed by atoms with Gasteiger partial charge in [0.15, 0.2) is 5.69 Å².